The molecule has 1 aliphatic rings. The fraction of sp³-hybridized carbons (Fsp3) is 0.308. The van der Waals surface area contributed by atoms with Gasteiger partial charge < -0.3 is 10.2 Å². The van der Waals surface area contributed by atoms with Crippen molar-refractivity contribution in [2.75, 3.05) is 31.1 Å². The van der Waals surface area contributed by atoms with Crippen LogP contribution in [0.5, 0.6) is 0 Å². The summed E-state index contributed by atoms with van der Waals surface area (Å²) in [6.07, 6.45) is 0. The molecule has 1 aromatic rings. The topological polar surface area (TPSA) is 39.1 Å². The Labute approximate surface area is 95.7 Å². The van der Waals surface area contributed by atoms with Gasteiger partial charge in [-0.15, -0.1) is 0 Å². The van der Waals surface area contributed by atoms with E-state index < -0.39 is 0 Å². The van der Waals surface area contributed by atoms with Crippen molar-refractivity contribution in [1.82, 2.24) is 5.32 Å². The van der Waals surface area contributed by atoms with Crippen molar-refractivity contribution in [1.29, 1.82) is 5.26 Å². The van der Waals surface area contributed by atoms with Gasteiger partial charge >= 0.3 is 0 Å². The predicted octanol–water partition coefficient (Wildman–Crippen LogP) is 0.971. The molecule has 0 bridgehead atoms. The highest BCUT2D eigenvalue weighted by Gasteiger charge is 2.09. The van der Waals surface area contributed by atoms with Crippen molar-refractivity contribution in [3.05, 3.63) is 29.8 Å². The van der Waals surface area contributed by atoms with E-state index in [1.165, 1.54) is 5.69 Å². The molecule has 2 rings (SSSR count). The monoisotopic (exact) mass is 211 g/mol. The van der Waals surface area contributed by atoms with Crippen molar-refractivity contribution >= 4 is 5.69 Å². The first-order valence-electron chi connectivity index (χ1n) is 5.36. The van der Waals surface area contributed by atoms with E-state index in [0.29, 0.717) is 0 Å². The number of nitriles is 1. The molecule has 0 atom stereocenters. The molecule has 1 saturated heterocycles. The molecule has 0 unspecified atom stereocenters. The Morgan fingerprint density at radius 3 is 2.81 bits per heavy atom. The smallest absolute Gasteiger partial charge is 0.152 e. The van der Waals surface area contributed by atoms with Gasteiger partial charge in [0.05, 0.1) is 0 Å². The van der Waals surface area contributed by atoms with Gasteiger partial charge in [0.2, 0.25) is 0 Å². The Hall–Kier alpha value is -1.97. The van der Waals surface area contributed by atoms with Gasteiger partial charge in [0.15, 0.2) is 6.07 Å². The second kappa shape index (κ2) is 5.21. The third-order valence-corrected chi connectivity index (χ3v) is 2.59. The lowest BCUT2D eigenvalue weighted by atomic mass is 10.2. The van der Waals surface area contributed by atoms with Crippen LogP contribution < -0.4 is 10.2 Å². The number of anilines is 1. The summed E-state index contributed by atoms with van der Waals surface area (Å²) >= 11 is 0. The van der Waals surface area contributed by atoms with Crippen molar-refractivity contribution in [2.45, 2.75) is 0 Å². The van der Waals surface area contributed by atoms with E-state index in [1.54, 1.807) is 0 Å². The van der Waals surface area contributed by atoms with Crippen LogP contribution in [0.25, 0.3) is 0 Å². The van der Waals surface area contributed by atoms with E-state index >= 15 is 0 Å². The molecule has 16 heavy (non-hydrogen) atoms. The minimum atomic E-state index is 0.901. The maximum Gasteiger partial charge on any atom is 0.152 e. The standard InChI is InChI=1S/C13H13N3/c14-6-2-4-12-3-1-5-13(11-12)16-9-7-15-8-10-16/h1,3,5,11,15H,7-10H2. The number of hydrogen-bond donors (Lipinski definition) is 1. The van der Waals surface area contributed by atoms with Crippen molar-refractivity contribution in [3.63, 3.8) is 0 Å². The first-order chi connectivity index (χ1) is 7.90. The summed E-state index contributed by atoms with van der Waals surface area (Å²) in [6, 6.07) is 9.87. The van der Waals surface area contributed by atoms with Gasteiger partial charge in [-0.05, 0) is 18.2 Å². The van der Waals surface area contributed by atoms with E-state index in [0.717, 1.165) is 31.7 Å². The average Bonchev–Trinajstić information content (AvgIpc) is 2.38. The lowest BCUT2D eigenvalue weighted by Gasteiger charge is -2.29. The molecule has 0 aliphatic carbocycles. The molecule has 1 heterocycles. The average molecular weight is 211 g/mol. The number of nitrogens with one attached hydrogen (secondary N) is 1. The van der Waals surface area contributed by atoms with Crippen molar-refractivity contribution in [2.24, 2.45) is 0 Å². The molecule has 0 radical (unpaired) electrons. The molecule has 1 fully saturated rings. The molecular formula is C13H13N3. The van der Waals surface area contributed by atoms with Crippen LogP contribution in [0, 0.1) is 23.2 Å². The molecule has 0 amide bonds. The first-order valence-corrected chi connectivity index (χ1v) is 5.36. The Morgan fingerprint density at radius 1 is 1.25 bits per heavy atom. The number of hydrogen-bond acceptors (Lipinski definition) is 3. The summed E-state index contributed by atoms with van der Waals surface area (Å²) in [4.78, 5) is 2.33. The molecule has 0 aromatic heterocycles. The predicted molar refractivity (Wildman–Crippen MR) is 64.0 cm³/mol. The van der Waals surface area contributed by atoms with Crippen LogP contribution in [0.2, 0.25) is 0 Å². The highest BCUT2D eigenvalue weighted by molar-refractivity contribution is 5.53. The molecule has 0 spiro atoms. The molecule has 1 aliphatic heterocycles. The van der Waals surface area contributed by atoms with Crippen LogP contribution in [0.15, 0.2) is 24.3 Å². The fourth-order valence-corrected chi connectivity index (χ4v) is 1.80. The zero-order chi connectivity index (χ0) is 11.2. The lowest BCUT2D eigenvalue weighted by molar-refractivity contribution is 0.589. The van der Waals surface area contributed by atoms with Gasteiger partial charge in [-0.25, -0.2) is 0 Å². The SMILES string of the molecule is N#CC#Cc1cccc(N2CCNCC2)c1. The largest absolute Gasteiger partial charge is 0.369 e. The molecular weight excluding hydrogens is 198 g/mol. The summed E-state index contributed by atoms with van der Waals surface area (Å²) in [6.45, 7) is 4.09. The number of piperazine rings is 1. The van der Waals surface area contributed by atoms with E-state index in [4.69, 9.17) is 5.26 Å². The van der Waals surface area contributed by atoms with Crippen molar-refractivity contribution in [3.8, 4) is 17.9 Å². The van der Waals surface area contributed by atoms with E-state index in [2.05, 4.69) is 28.1 Å². The van der Waals surface area contributed by atoms with Gasteiger partial charge in [-0.1, -0.05) is 12.0 Å². The molecule has 3 nitrogen and oxygen atoms in total. The fourth-order valence-electron chi connectivity index (χ4n) is 1.80. The Balaban J connectivity index is 2.18. The van der Waals surface area contributed by atoms with E-state index in [1.807, 2.05) is 24.3 Å². The van der Waals surface area contributed by atoms with Crippen LogP contribution in [0.1, 0.15) is 5.56 Å². The second-order valence-electron chi connectivity index (χ2n) is 3.65. The highest BCUT2D eigenvalue weighted by Crippen LogP contribution is 2.16. The zero-order valence-corrected chi connectivity index (χ0v) is 9.03. The van der Waals surface area contributed by atoms with Gasteiger partial charge in [0, 0.05) is 43.4 Å². The van der Waals surface area contributed by atoms with Crippen LogP contribution in [0.4, 0.5) is 5.69 Å². The summed E-state index contributed by atoms with van der Waals surface area (Å²) < 4.78 is 0. The summed E-state index contributed by atoms with van der Waals surface area (Å²) in [7, 11) is 0. The number of rotatable bonds is 1. The van der Waals surface area contributed by atoms with Gasteiger partial charge in [-0.2, -0.15) is 5.26 Å². The minimum Gasteiger partial charge on any atom is -0.369 e. The quantitative estimate of drug-likeness (QED) is 0.704. The molecule has 1 aromatic carbocycles. The molecule has 1 N–H and O–H groups in total. The number of benzene rings is 1. The van der Waals surface area contributed by atoms with Gasteiger partial charge in [-0.3, -0.25) is 0 Å². The third kappa shape index (κ3) is 2.53. The van der Waals surface area contributed by atoms with Crippen LogP contribution in [-0.2, 0) is 0 Å². The normalized spacial score (nSPS) is 14.8. The Morgan fingerprint density at radius 2 is 2.06 bits per heavy atom. The van der Waals surface area contributed by atoms with Crippen molar-refractivity contribution < 1.29 is 0 Å². The first kappa shape index (κ1) is 10.5. The van der Waals surface area contributed by atoms with E-state index in [-0.39, 0.29) is 0 Å². The lowest BCUT2D eigenvalue weighted by Crippen LogP contribution is -2.43. The van der Waals surface area contributed by atoms with E-state index in [9.17, 15) is 0 Å². The summed E-state index contributed by atoms with van der Waals surface area (Å²) in [5.41, 5.74) is 2.09. The Bertz CT molecular complexity index is 456. The molecule has 0 saturated carbocycles. The maximum atomic E-state index is 8.40. The number of nitrogens with zero attached hydrogens (tertiary/aromatic N) is 2. The zero-order valence-electron chi connectivity index (χ0n) is 9.03. The highest BCUT2D eigenvalue weighted by atomic mass is 15.2. The van der Waals surface area contributed by atoms with Crippen LogP contribution in [0.3, 0.4) is 0 Å². The van der Waals surface area contributed by atoms with Crippen LogP contribution in [-0.4, -0.2) is 26.2 Å². The van der Waals surface area contributed by atoms with Gasteiger partial charge in [0.25, 0.3) is 0 Å². The second-order valence-corrected chi connectivity index (χ2v) is 3.65. The maximum absolute atomic E-state index is 8.40. The summed E-state index contributed by atoms with van der Waals surface area (Å²) in [5, 5.41) is 11.7. The minimum absolute atomic E-state index is 0.901. The third-order valence-electron chi connectivity index (χ3n) is 2.59. The van der Waals surface area contributed by atoms with Gasteiger partial charge in [0.1, 0.15) is 0 Å². The molecule has 80 valence electrons. The van der Waals surface area contributed by atoms with Crippen LogP contribution >= 0.6 is 0 Å². The summed E-state index contributed by atoms with van der Waals surface area (Å²) in [5.74, 6) is 5.24. The Kier molecular flexibility index (Phi) is 3.43. The molecule has 3 heteroatoms.